The van der Waals surface area contributed by atoms with E-state index in [1.807, 2.05) is 18.7 Å². The molecule has 1 saturated heterocycles. The maximum Gasteiger partial charge on any atom is 0.317 e. The van der Waals surface area contributed by atoms with E-state index in [2.05, 4.69) is 24.2 Å². The highest BCUT2D eigenvalue weighted by Gasteiger charge is 2.17. The fourth-order valence-corrected chi connectivity index (χ4v) is 1.49. The molecular formula is C12H29N3O. The average Bonchev–Trinajstić information content (AvgIpc) is 2.33. The maximum absolute atomic E-state index is 11.6. The SMILES string of the molecule is CC.CCCCNC(=O)N1CCN(C)CC1.[HH]. The number of carbonyl (C=O) groups is 1. The molecule has 0 aromatic heterocycles. The molecule has 0 bridgehead atoms. The van der Waals surface area contributed by atoms with E-state index >= 15 is 0 Å². The zero-order chi connectivity index (χ0) is 12.4. The first-order valence-electron chi connectivity index (χ1n) is 6.45. The summed E-state index contributed by atoms with van der Waals surface area (Å²) < 4.78 is 0. The van der Waals surface area contributed by atoms with Crippen LogP contribution >= 0.6 is 0 Å². The Labute approximate surface area is 101 Å². The van der Waals surface area contributed by atoms with Crippen LogP contribution in [-0.4, -0.2) is 55.6 Å². The number of amides is 2. The highest BCUT2D eigenvalue weighted by Crippen LogP contribution is 1.99. The van der Waals surface area contributed by atoms with Crippen LogP contribution in [0.3, 0.4) is 0 Å². The van der Waals surface area contributed by atoms with Crippen LogP contribution in [0.15, 0.2) is 0 Å². The molecule has 0 unspecified atom stereocenters. The average molecular weight is 231 g/mol. The second kappa shape index (κ2) is 9.46. The van der Waals surface area contributed by atoms with Gasteiger partial charge in [0, 0.05) is 34.2 Å². The Hall–Kier alpha value is -0.770. The van der Waals surface area contributed by atoms with Crippen molar-refractivity contribution in [3.05, 3.63) is 0 Å². The number of likely N-dealkylation sites (N-methyl/N-ethyl adjacent to an activating group) is 1. The maximum atomic E-state index is 11.6. The van der Waals surface area contributed by atoms with Crippen LogP contribution in [0, 0.1) is 0 Å². The van der Waals surface area contributed by atoms with Crippen molar-refractivity contribution in [3.63, 3.8) is 0 Å². The van der Waals surface area contributed by atoms with E-state index in [4.69, 9.17) is 0 Å². The van der Waals surface area contributed by atoms with E-state index in [0.717, 1.165) is 45.6 Å². The third kappa shape index (κ3) is 5.95. The van der Waals surface area contributed by atoms with Crippen LogP contribution < -0.4 is 5.32 Å². The molecule has 1 fully saturated rings. The number of piperazine rings is 1. The van der Waals surface area contributed by atoms with Gasteiger partial charge in [-0.05, 0) is 13.5 Å². The lowest BCUT2D eigenvalue weighted by molar-refractivity contribution is 0.154. The molecule has 1 aliphatic rings. The minimum absolute atomic E-state index is 0. The molecule has 0 spiro atoms. The van der Waals surface area contributed by atoms with Crippen LogP contribution in [0.4, 0.5) is 4.79 Å². The summed E-state index contributed by atoms with van der Waals surface area (Å²) in [5, 5.41) is 2.94. The zero-order valence-corrected chi connectivity index (χ0v) is 11.3. The molecule has 1 heterocycles. The smallest absolute Gasteiger partial charge is 0.317 e. The first-order chi connectivity index (χ1) is 7.74. The lowest BCUT2D eigenvalue weighted by atomic mass is 10.3. The van der Waals surface area contributed by atoms with Crippen LogP contribution in [0.25, 0.3) is 0 Å². The summed E-state index contributed by atoms with van der Waals surface area (Å²) in [6.07, 6.45) is 2.20. The molecule has 98 valence electrons. The van der Waals surface area contributed by atoms with Crippen LogP contribution in [0.1, 0.15) is 35.0 Å². The monoisotopic (exact) mass is 231 g/mol. The topological polar surface area (TPSA) is 35.6 Å². The standard InChI is InChI=1S/C10H21N3O.C2H6.H2/c1-3-4-5-11-10(14)13-8-6-12(2)7-9-13;1-2;/h3-9H2,1-2H3,(H,11,14);1-2H3;1H. The molecule has 4 heteroatoms. The molecule has 1 aliphatic heterocycles. The largest absolute Gasteiger partial charge is 0.338 e. The first-order valence-corrected chi connectivity index (χ1v) is 6.45. The number of urea groups is 1. The van der Waals surface area contributed by atoms with E-state index in [1.165, 1.54) is 0 Å². The molecule has 1 N–H and O–H groups in total. The predicted octanol–water partition coefficient (Wildman–Crippen LogP) is 2.02. The summed E-state index contributed by atoms with van der Waals surface area (Å²) in [6.45, 7) is 10.6. The van der Waals surface area contributed by atoms with Gasteiger partial charge in [0.15, 0.2) is 0 Å². The Morgan fingerprint density at radius 1 is 1.25 bits per heavy atom. The van der Waals surface area contributed by atoms with Gasteiger partial charge in [-0.3, -0.25) is 0 Å². The first kappa shape index (κ1) is 15.2. The quantitative estimate of drug-likeness (QED) is 0.754. The molecule has 2 amide bonds. The Bertz CT molecular complexity index is 183. The van der Waals surface area contributed by atoms with Crippen molar-refractivity contribution in [2.75, 3.05) is 39.8 Å². The van der Waals surface area contributed by atoms with E-state index < -0.39 is 0 Å². The van der Waals surface area contributed by atoms with Gasteiger partial charge in [-0.2, -0.15) is 0 Å². The van der Waals surface area contributed by atoms with Gasteiger partial charge < -0.3 is 15.1 Å². The Balaban J connectivity index is 0. The minimum Gasteiger partial charge on any atom is -0.338 e. The number of hydrogen-bond acceptors (Lipinski definition) is 2. The Morgan fingerprint density at radius 2 is 1.81 bits per heavy atom. The van der Waals surface area contributed by atoms with Crippen LogP contribution in [0.2, 0.25) is 0 Å². The summed E-state index contributed by atoms with van der Waals surface area (Å²) in [5.41, 5.74) is 0. The molecule has 16 heavy (non-hydrogen) atoms. The van der Waals surface area contributed by atoms with Gasteiger partial charge in [-0.1, -0.05) is 27.2 Å². The van der Waals surface area contributed by atoms with Gasteiger partial charge in [0.1, 0.15) is 0 Å². The highest BCUT2D eigenvalue weighted by molar-refractivity contribution is 5.74. The molecule has 4 nitrogen and oxygen atoms in total. The Kier molecular flexibility index (Phi) is 9.00. The van der Waals surface area contributed by atoms with Crippen molar-refractivity contribution in [2.45, 2.75) is 33.6 Å². The van der Waals surface area contributed by atoms with Crippen molar-refractivity contribution in [2.24, 2.45) is 0 Å². The van der Waals surface area contributed by atoms with E-state index in [-0.39, 0.29) is 7.46 Å². The van der Waals surface area contributed by atoms with Crippen molar-refractivity contribution in [3.8, 4) is 0 Å². The van der Waals surface area contributed by atoms with E-state index in [1.54, 1.807) is 0 Å². The van der Waals surface area contributed by atoms with Crippen molar-refractivity contribution in [1.82, 2.24) is 15.1 Å². The molecule has 0 radical (unpaired) electrons. The number of carbonyl (C=O) groups excluding carboxylic acids is 1. The molecule has 0 aromatic rings. The number of hydrogen-bond donors (Lipinski definition) is 1. The highest BCUT2D eigenvalue weighted by atomic mass is 16.2. The fourth-order valence-electron chi connectivity index (χ4n) is 1.49. The van der Waals surface area contributed by atoms with E-state index in [0.29, 0.717) is 0 Å². The molecule has 0 aromatic carbocycles. The van der Waals surface area contributed by atoms with Gasteiger partial charge in [0.2, 0.25) is 0 Å². The number of rotatable bonds is 3. The molecule has 1 rings (SSSR count). The fraction of sp³-hybridized carbons (Fsp3) is 0.917. The number of nitrogens with zero attached hydrogens (tertiary/aromatic N) is 2. The van der Waals surface area contributed by atoms with Gasteiger partial charge in [0.05, 0.1) is 0 Å². The van der Waals surface area contributed by atoms with Gasteiger partial charge in [0.25, 0.3) is 0 Å². The lowest BCUT2D eigenvalue weighted by Crippen LogP contribution is -2.50. The van der Waals surface area contributed by atoms with Crippen LogP contribution in [0.5, 0.6) is 0 Å². The normalized spacial score (nSPS) is 16.4. The summed E-state index contributed by atoms with van der Waals surface area (Å²) in [7, 11) is 2.09. The van der Waals surface area contributed by atoms with Gasteiger partial charge in [-0.25, -0.2) is 4.79 Å². The van der Waals surface area contributed by atoms with Crippen molar-refractivity contribution < 1.29 is 6.22 Å². The summed E-state index contributed by atoms with van der Waals surface area (Å²) >= 11 is 0. The Morgan fingerprint density at radius 3 is 2.31 bits per heavy atom. The third-order valence-corrected chi connectivity index (χ3v) is 2.60. The molecular weight excluding hydrogens is 202 g/mol. The van der Waals surface area contributed by atoms with E-state index in [9.17, 15) is 4.79 Å². The molecule has 0 atom stereocenters. The van der Waals surface area contributed by atoms with Crippen molar-refractivity contribution in [1.29, 1.82) is 0 Å². The second-order valence-electron chi connectivity index (χ2n) is 3.88. The number of unbranched alkanes of at least 4 members (excludes halogenated alkanes) is 1. The lowest BCUT2D eigenvalue weighted by Gasteiger charge is -2.32. The molecule has 0 saturated carbocycles. The molecule has 0 aliphatic carbocycles. The third-order valence-electron chi connectivity index (χ3n) is 2.60. The predicted molar refractivity (Wildman–Crippen MR) is 70.8 cm³/mol. The number of nitrogens with one attached hydrogen (secondary N) is 1. The minimum atomic E-state index is 0. The van der Waals surface area contributed by atoms with Gasteiger partial charge >= 0.3 is 6.03 Å². The van der Waals surface area contributed by atoms with Gasteiger partial charge in [-0.15, -0.1) is 0 Å². The van der Waals surface area contributed by atoms with Crippen LogP contribution in [-0.2, 0) is 0 Å². The summed E-state index contributed by atoms with van der Waals surface area (Å²) in [5.74, 6) is 0. The zero-order valence-electron chi connectivity index (χ0n) is 11.3. The van der Waals surface area contributed by atoms with Crippen molar-refractivity contribution >= 4 is 6.03 Å². The summed E-state index contributed by atoms with van der Waals surface area (Å²) in [4.78, 5) is 15.7. The summed E-state index contributed by atoms with van der Waals surface area (Å²) in [6, 6.07) is 0.103. The second-order valence-corrected chi connectivity index (χ2v) is 3.88.